The standard InChI is InChI=1S/C32H33F5N4O4/c1-19-14-22(17-31(2,3)16-19)41-27-13-12-25(43-18-28(42)38-20-4-8-23(9-5-20)44-29(33)34)15-26(27)40-30(41)39-21-6-10-24(11-7-21)45-32(35,36)37/h4-13,15,19,22,29H,14,16-18H2,1-3H3,(H,38,42)(H,39,40)/t19-,22+/m0/s1. The van der Waals surface area contributed by atoms with Crippen LogP contribution in [-0.4, -0.2) is 35.0 Å². The molecule has 5 rings (SSSR count). The topological polar surface area (TPSA) is 86.6 Å². The van der Waals surface area contributed by atoms with Gasteiger partial charge in [0.1, 0.15) is 17.2 Å². The van der Waals surface area contributed by atoms with E-state index in [-0.39, 0.29) is 29.6 Å². The highest BCUT2D eigenvalue weighted by Crippen LogP contribution is 2.46. The van der Waals surface area contributed by atoms with E-state index in [0.717, 1.165) is 24.8 Å². The molecule has 1 heterocycles. The minimum atomic E-state index is -4.78. The molecule has 2 atom stereocenters. The molecule has 1 aliphatic carbocycles. The predicted octanol–water partition coefficient (Wildman–Crippen LogP) is 8.68. The van der Waals surface area contributed by atoms with Crippen molar-refractivity contribution in [2.45, 2.75) is 59.0 Å². The number of rotatable bonds is 10. The van der Waals surface area contributed by atoms with Crippen molar-refractivity contribution in [2.24, 2.45) is 11.3 Å². The Bertz CT molecular complexity index is 1620. The highest BCUT2D eigenvalue weighted by atomic mass is 19.4. The summed E-state index contributed by atoms with van der Waals surface area (Å²) < 4.78 is 78.8. The molecular weight excluding hydrogens is 599 g/mol. The fraction of sp³-hybridized carbons (Fsp3) is 0.375. The van der Waals surface area contributed by atoms with Gasteiger partial charge >= 0.3 is 13.0 Å². The molecule has 0 bridgehead atoms. The van der Waals surface area contributed by atoms with Crippen molar-refractivity contribution in [3.05, 3.63) is 66.7 Å². The smallest absolute Gasteiger partial charge is 0.484 e. The van der Waals surface area contributed by atoms with Gasteiger partial charge in [0.15, 0.2) is 6.61 Å². The predicted molar refractivity (Wildman–Crippen MR) is 159 cm³/mol. The lowest BCUT2D eigenvalue weighted by Gasteiger charge is -2.40. The quantitative estimate of drug-likeness (QED) is 0.170. The summed E-state index contributed by atoms with van der Waals surface area (Å²) in [5.74, 6) is 0.588. The van der Waals surface area contributed by atoms with Gasteiger partial charge in [-0.3, -0.25) is 4.79 Å². The summed E-state index contributed by atoms with van der Waals surface area (Å²) in [5.41, 5.74) is 2.47. The third-order valence-corrected chi connectivity index (χ3v) is 7.47. The fourth-order valence-corrected chi connectivity index (χ4v) is 6.05. The Hall–Kier alpha value is -4.55. The second-order valence-corrected chi connectivity index (χ2v) is 12.0. The Morgan fingerprint density at radius 3 is 2.27 bits per heavy atom. The number of hydrogen-bond donors (Lipinski definition) is 2. The molecule has 3 aromatic carbocycles. The lowest BCUT2D eigenvalue weighted by molar-refractivity contribution is -0.274. The number of anilines is 3. The Morgan fingerprint density at radius 1 is 0.978 bits per heavy atom. The van der Waals surface area contributed by atoms with E-state index in [1.54, 1.807) is 12.1 Å². The van der Waals surface area contributed by atoms with Crippen molar-refractivity contribution in [2.75, 3.05) is 17.2 Å². The van der Waals surface area contributed by atoms with Crippen LogP contribution in [0, 0.1) is 11.3 Å². The molecule has 1 fully saturated rings. The molecule has 13 heteroatoms. The normalized spacial score (nSPS) is 18.1. The number of aromatic nitrogens is 2. The molecular formula is C32H33F5N4O4. The van der Waals surface area contributed by atoms with Crippen molar-refractivity contribution >= 4 is 34.3 Å². The Balaban J connectivity index is 1.35. The van der Waals surface area contributed by atoms with Gasteiger partial charge in [-0.1, -0.05) is 20.8 Å². The number of amides is 1. The monoisotopic (exact) mass is 632 g/mol. The van der Waals surface area contributed by atoms with Gasteiger partial charge in [-0.25, -0.2) is 4.98 Å². The van der Waals surface area contributed by atoms with Gasteiger partial charge in [0.05, 0.1) is 11.0 Å². The number of nitrogens with one attached hydrogen (secondary N) is 2. The maximum absolute atomic E-state index is 12.6. The highest BCUT2D eigenvalue weighted by molar-refractivity contribution is 5.92. The largest absolute Gasteiger partial charge is 0.573 e. The van der Waals surface area contributed by atoms with E-state index in [0.29, 0.717) is 34.5 Å². The average molecular weight is 633 g/mol. The van der Waals surface area contributed by atoms with Crippen molar-refractivity contribution in [3.63, 3.8) is 0 Å². The second-order valence-electron chi connectivity index (χ2n) is 12.0. The molecule has 0 saturated heterocycles. The molecule has 0 aliphatic heterocycles. The molecule has 0 unspecified atom stereocenters. The number of carbonyl (C=O) groups is 1. The van der Waals surface area contributed by atoms with Crippen LogP contribution in [0.5, 0.6) is 17.2 Å². The zero-order valence-electron chi connectivity index (χ0n) is 24.8. The van der Waals surface area contributed by atoms with Crippen LogP contribution in [0.3, 0.4) is 0 Å². The van der Waals surface area contributed by atoms with Gasteiger partial charge in [0, 0.05) is 23.5 Å². The summed E-state index contributed by atoms with van der Waals surface area (Å²) in [6.45, 7) is 3.45. The summed E-state index contributed by atoms with van der Waals surface area (Å²) in [7, 11) is 0. The lowest BCUT2D eigenvalue weighted by Crippen LogP contribution is -2.29. The molecule has 2 N–H and O–H groups in total. The van der Waals surface area contributed by atoms with Gasteiger partial charge < -0.3 is 29.4 Å². The van der Waals surface area contributed by atoms with Gasteiger partial charge in [-0.05, 0) is 91.3 Å². The Morgan fingerprint density at radius 2 is 1.62 bits per heavy atom. The summed E-state index contributed by atoms with van der Waals surface area (Å²) in [6, 6.07) is 16.4. The van der Waals surface area contributed by atoms with E-state index in [2.05, 4.69) is 45.4 Å². The third-order valence-electron chi connectivity index (χ3n) is 7.47. The van der Waals surface area contributed by atoms with Gasteiger partial charge in [0.25, 0.3) is 5.91 Å². The van der Waals surface area contributed by atoms with Crippen LogP contribution in [-0.2, 0) is 4.79 Å². The molecule has 0 radical (unpaired) electrons. The fourth-order valence-electron chi connectivity index (χ4n) is 6.05. The summed E-state index contributed by atoms with van der Waals surface area (Å²) >= 11 is 0. The number of nitrogens with zero attached hydrogens (tertiary/aromatic N) is 2. The van der Waals surface area contributed by atoms with Crippen molar-refractivity contribution in [1.29, 1.82) is 0 Å². The first-order chi connectivity index (χ1) is 21.2. The van der Waals surface area contributed by atoms with E-state index in [9.17, 15) is 26.7 Å². The second kappa shape index (κ2) is 12.8. The van der Waals surface area contributed by atoms with E-state index in [4.69, 9.17) is 9.72 Å². The van der Waals surface area contributed by atoms with Crippen molar-refractivity contribution in [3.8, 4) is 17.2 Å². The SMILES string of the molecule is C[C@H]1C[C@@H](n2c(Nc3ccc(OC(F)(F)F)cc3)nc3cc(OCC(=O)Nc4ccc(OC(F)F)cc4)ccc32)CC(C)(C)C1. The molecule has 0 spiro atoms. The van der Waals surface area contributed by atoms with Crippen LogP contribution in [0.25, 0.3) is 11.0 Å². The molecule has 4 aromatic rings. The Labute approximate surface area is 256 Å². The first-order valence-electron chi connectivity index (χ1n) is 14.4. The molecule has 1 aromatic heterocycles. The average Bonchev–Trinajstić information content (AvgIpc) is 3.29. The number of alkyl halides is 5. The van der Waals surface area contributed by atoms with E-state index in [1.807, 2.05) is 6.07 Å². The van der Waals surface area contributed by atoms with Crippen molar-refractivity contribution < 1.29 is 41.0 Å². The number of imidazole rings is 1. The summed E-state index contributed by atoms with van der Waals surface area (Å²) in [4.78, 5) is 17.3. The lowest BCUT2D eigenvalue weighted by atomic mass is 9.70. The zero-order valence-corrected chi connectivity index (χ0v) is 24.8. The van der Waals surface area contributed by atoms with Gasteiger partial charge in [-0.2, -0.15) is 8.78 Å². The van der Waals surface area contributed by atoms with Crippen LogP contribution in [0.1, 0.15) is 46.1 Å². The number of hydrogen-bond acceptors (Lipinski definition) is 6. The highest BCUT2D eigenvalue weighted by Gasteiger charge is 2.35. The Kier molecular flexibility index (Phi) is 9.08. The summed E-state index contributed by atoms with van der Waals surface area (Å²) in [6.07, 6.45) is -1.86. The maximum Gasteiger partial charge on any atom is 0.573 e. The first kappa shape index (κ1) is 31.9. The first-order valence-corrected chi connectivity index (χ1v) is 14.4. The van der Waals surface area contributed by atoms with Gasteiger partial charge in [0.2, 0.25) is 5.95 Å². The number of carbonyl (C=O) groups excluding carboxylic acids is 1. The van der Waals surface area contributed by atoms with E-state index < -0.39 is 18.9 Å². The minimum absolute atomic E-state index is 0.0282. The summed E-state index contributed by atoms with van der Waals surface area (Å²) in [5, 5.41) is 5.90. The van der Waals surface area contributed by atoms with Gasteiger partial charge in [-0.15, -0.1) is 13.2 Å². The molecule has 45 heavy (non-hydrogen) atoms. The zero-order chi connectivity index (χ0) is 32.4. The number of benzene rings is 3. The maximum atomic E-state index is 12.6. The molecule has 240 valence electrons. The van der Waals surface area contributed by atoms with E-state index >= 15 is 0 Å². The number of halogens is 5. The van der Waals surface area contributed by atoms with Crippen LogP contribution in [0.15, 0.2) is 66.7 Å². The third kappa shape index (κ3) is 8.55. The molecule has 1 aliphatic rings. The minimum Gasteiger partial charge on any atom is -0.484 e. The van der Waals surface area contributed by atoms with Crippen LogP contribution >= 0.6 is 0 Å². The molecule has 1 saturated carbocycles. The molecule has 1 amide bonds. The van der Waals surface area contributed by atoms with Crippen LogP contribution in [0.4, 0.5) is 39.3 Å². The van der Waals surface area contributed by atoms with E-state index in [1.165, 1.54) is 48.5 Å². The number of fused-ring (bicyclic) bond motifs is 1. The number of ether oxygens (including phenoxy) is 3. The van der Waals surface area contributed by atoms with Crippen LogP contribution < -0.4 is 24.8 Å². The molecule has 8 nitrogen and oxygen atoms in total. The van der Waals surface area contributed by atoms with Crippen LogP contribution in [0.2, 0.25) is 0 Å². The van der Waals surface area contributed by atoms with Crippen molar-refractivity contribution in [1.82, 2.24) is 9.55 Å².